The number of rotatable bonds is 6. The Balaban J connectivity index is 1.67. The second-order valence-corrected chi connectivity index (χ2v) is 5.39. The number of nitrogens with zero attached hydrogens (tertiary/aromatic N) is 1. The van der Waals surface area contributed by atoms with E-state index in [0.29, 0.717) is 11.3 Å². The zero-order valence-corrected chi connectivity index (χ0v) is 13.3. The maximum atomic E-state index is 11.9. The highest BCUT2D eigenvalue weighted by molar-refractivity contribution is 5.96. The molecular formula is C19H16N2O4. The lowest BCUT2D eigenvalue weighted by molar-refractivity contribution is -0.135. The molecule has 6 heteroatoms. The van der Waals surface area contributed by atoms with Gasteiger partial charge in [-0.2, -0.15) is 0 Å². The highest BCUT2D eigenvalue weighted by Gasteiger charge is 2.08. The van der Waals surface area contributed by atoms with Crippen LogP contribution in [0.2, 0.25) is 0 Å². The highest BCUT2D eigenvalue weighted by Crippen LogP contribution is 2.16. The van der Waals surface area contributed by atoms with Gasteiger partial charge in [0.1, 0.15) is 18.9 Å². The first-order valence-corrected chi connectivity index (χ1v) is 7.69. The first-order valence-electron chi connectivity index (χ1n) is 7.69. The second kappa shape index (κ2) is 7.44. The SMILES string of the molecule is O=C(O)CNC(=O)c1cccc(OCc2ccc3ccccc3n2)c1. The van der Waals surface area contributed by atoms with Crippen LogP contribution in [0.1, 0.15) is 16.1 Å². The van der Waals surface area contributed by atoms with Crippen molar-refractivity contribution in [3.63, 3.8) is 0 Å². The number of amides is 1. The van der Waals surface area contributed by atoms with Crippen molar-refractivity contribution in [2.75, 3.05) is 6.54 Å². The fraction of sp³-hybridized carbons (Fsp3) is 0.105. The van der Waals surface area contributed by atoms with Crippen molar-refractivity contribution >= 4 is 22.8 Å². The predicted molar refractivity (Wildman–Crippen MR) is 92.5 cm³/mol. The van der Waals surface area contributed by atoms with Gasteiger partial charge in [-0.05, 0) is 30.3 Å². The number of benzene rings is 2. The van der Waals surface area contributed by atoms with Crippen LogP contribution in [0.15, 0.2) is 60.7 Å². The molecule has 2 aromatic carbocycles. The molecule has 3 aromatic rings. The maximum absolute atomic E-state index is 11.9. The van der Waals surface area contributed by atoms with Gasteiger partial charge in [0.25, 0.3) is 5.91 Å². The molecule has 0 unspecified atom stereocenters. The molecule has 0 bridgehead atoms. The van der Waals surface area contributed by atoms with Crippen molar-refractivity contribution in [2.45, 2.75) is 6.61 Å². The average molecular weight is 336 g/mol. The number of para-hydroxylation sites is 1. The topological polar surface area (TPSA) is 88.5 Å². The van der Waals surface area contributed by atoms with Gasteiger partial charge in [0.05, 0.1) is 11.2 Å². The fourth-order valence-corrected chi connectivity index (χ4v) is 2.33. The van der Waals surface area contributed by atoms with Gasteiger partial charge in [0, 0.05) is 10.9 Å². The van der Waals surface area contributed by atoms with Crippen LogP contribution in [0, 0.1) is 0 Å². The summed E-state index contributed by atoms with van der Waals surface area (Å²) in [6.45, 7) is -0.157. The first-order chi connectivity index (χ1) is 12.1. The van der Waals surface area contributed by atoms with E-state index in [-0.39, 0.29) is 6.61 Å². The van der Waals surface area contributed by atoms with E-state index in [4.69, 9.17) is 9.84 Å². The number of fused-ring (bicyclic) bond motifs is 1. The third-order valence-corrected chi connectivity index (χ3v) is 3.54. The van der Waals surface area contributed by atoms with Crippen LogP contribution in [0.4, 0.5) is 0 Å². The molecule has 0 aliphatic carbocycles. The van der Waals surface area contributed by atoms with Crippen LogP contribution in [0.3, 0.4) is 0 Å². The Bertz CT molecular complexity index is 924. The summed E-state index contributed by atoms with van der Waals surface area (Å²) in [6.07, 6.45) is 0. The molecule has 1 aromatic heterocycles. The maximum Gasteiger partial charge on any atom is 0.322 e. The number of carboxylic acid groups (broad SMARTS) is 1. The van der Waals surface area contributed by atoms with Crippen molar-refractivity contribution in [1.82, 2.24) is 10.3 Å². The van der Waals surface area contributed by atoms with E-state index in [1.807, 2.05) is 36.4 Å². The first kappa shape index (κ1) is 16.4. The quantitative estimate of drug-likeness (QED) is 0.722. The molecule has 126 valence electrons. The molecule has 25 heavy (non-hydrogen) atoms. The number of aromatic nitrogens is 1. The van der Waals surface area contributed by atoms with Crippen molar-refractivity contribution in [3.05, 3.63) is 71.9 Å². The van der Waals surface area contributed by atoms with Crippen LogP contribution in [-0.2, 0) is 11.4 Å². The minimum atomic E-state index is -1.09. The molecule has 0 saturated carbocycles. The van der Waals surface area contributed by atoms with Gasteiger partial charge in [-0.3, -0.25) is 9.59 Å². The molecule has 0 radical (unpaired) electrons. The summed E-state index contributed by atoms with van der Waals surface area (Å²) in [5.41, 5.74) is 2.01. The van der Waals surface area contributed by atoms with E-state index in [0.717, 1.165) is 16.6 Å². The fourth-order valence-electron chi connectivity index (χ4n) is 2.33. The predicted octanol–water partition coefficient (Wildman–Crippen LogP) is 2.63. The van der Waals surface area contributed by atoms with Gasteiger partial charge in [0.15, 0.2) is 0 Å². The molecule has 0 aliphatic heterocycles. The molecule has 6 nitrogen and oxygen atoms in total. The Hall–Kier alpha value is -3.41. The number of hydrogen-bond acceptors (Lipinski definition) is 4. The molecule has 2 N–H and O–H groups in total. The van der Waals surface area contributed by atoms with E-state index in [1.165, 1.54) is 0 Å². The third kappa shape index (κ3) is 4.32. The molecule has 0 spiro atoms. The number of hydrogen-bond donors (Lipinski definition) is 2. The number of nitrogens with one attached hydrogen (secondary N) is 1. The lowest BCUT2D eigenvalue weighted by Gasteiger charge is -2.08. The molecular weight excluding hydrogens is 320 g/mol. The van der Waals surface area contributed by atoms with E-state index in [9.17, 15) is 9.59 Å². The van der Waals surface area contributed by atoms with E-state index >= 15 is 0 Å². The standard InChI is InChI=1S/C19H16N2O4/c22-18(23)11-20-19(24)14-5-3-6-16(10-14)25-12-15-9-8-13-4-1-2-7-17(13)21-15/h1-10H,11-12H2,(H,20,24)(H,22,23). The molecule has 0 aliphatic rings. The second-order valence-electron chi connectivity index (χ2n) is 5.39. The molecule has 3 rings (SSSR count). The summed E-state index contributed by atoms with van der Waals surface area (Å²) in [7, 11) is 0. The Morgan fingerprint density at radius 2 is 1.88 bits per heavy atom. The highest BCUT2D eigenvalue weighted by atomic mass is 16.5. The molecule has 1 heterocycles. The van der Waals surface area contributed by atoms with Crippen molar-refractivity contribution in [3.8, 4) is 5.75 Å². The third-order valence-electron chi connectivity index (χ3n) is 3.54. The number of carbonyl (C=O) groups excluding carboxylic acids is 1. The van der Waals surface area contributed by atoms with Crippen LogP contribution in [0.25, 0.3) is 10.9 Å². The van der Waals surface area contributed by atoms with E-state index < -0.39 is 18.4 Å². The summed E-state index contributed by atoms with van der Waals surface area (Å²) in [6, 6.07) is 18.3. The Morgan fingerprint density at radius 1 is 1.04 bits per heavy atom. The summed E-state index contributed by atoms with van der Waals surface area (Å²) >= 11 is 0. The Labute approximate surface area is 144 Å². The smallest absolute Gasteiger partial charge is 0.322 e. The Kier molecular flexibility index (Phi) is 4.89. The van der Waals surface area contributed by atoms with E-state index in [2.05, 4.69) is 10.3 Å². The van der Waals surface area contributed by atoms with Crippen molar-refractivity contribution < 1.29 is 19.4 Å². The Morgan fingerprint density at radius 3 is 2.72 bits per heavy atom. The monoisotopic (exact) mass is 336 g/mol. The zero-order valence-electron chi connectivity index (χ0n) is 13.3. The minimum absolute atomic E-state index is 0.269. The minimum Gasteiger partial charge on any atom is -0.487 e. The van der Waals surface area contributed by atoms with Gasteiger partial charge < -0.3 is 15.2 Å². The number of aliphatic carboxylic acids is 1. The van der Waals surface area contributed by atoms with E-state index in [1.54, 1.807) is 24.3 Å². The summed E-state index contributed by atoms with van der Waals surface area (Å²) < 4.78 is 5.70. The molecule has 0 saturated heterocycles. The van der Waals surface area contributed by atoms with Crippen LogP contribution >= 0.6 is 0 Å². The molecule has 0 fully saturated rings. The van der Waals surface area contributed by atoms with Crippen molar-refractivity contribution in [1.29, 1.82) is 0 Å². The zero-order chi connectivity index (χ0) is 17.6. The van der Waals surface area contributed by atoms with Gasteiger partial charge in [-0.25, -0.2) is 4.98 Å². The molecule has 1 amide bonds. The lowest BCUT2D eigenvalue weighted by Crippen LogP contribution is -2.29. The van der Waals surface area contributed by atoms with Crippen molar-refractivity contribution in [2.24, 2.45) is 0 Å². The van der Waals surface area contributed by atoms with Crippen LogP contribution in [0.5, 0.6) is 5.75 Å². The summed E-state index contributed by atoms with van der Waals surface area (Å²) in [4.78, 5) is 26.9. The number of pyridine rings is 1. The number of carboxylic acids is 1. The average Bonchev–Trinajstić information content (AvgIpc) is 2.64. The van der Waals surface area contributed by atoms with Crippen LogP contribution in [-0.4, -0.2) is 28.5 Å². The van der Waals surface area contributed by atoms with Gasteiger partial charge >= 0.3 is 5.97 Å². The number of ether oxygens (including phenoxy) is 1. The summed E-state index contributed by atoms with van der Waals surface area (Å²) in [5.74, 6) is -1.04. The van der Waals surface area contributed by atoms with Crippen LogP contribution < -0.4 is 10.1 Å². The van der Waals surface area contributed by atoms with Gasteiger partial charge in [-0.1, -0.05) is 30.3 Å². The van der Waals surface area contributed by atoms with Gasteiger partial charge in [0.2, 0.25) is 0 Å². The lowest BCUT2D eigenvalue weighted by atomic mass is 10.2. The largest absolute Gasteiger partial charge is 0.487 e. The normalized spacial score (nSPS) is 10.4. The summed E-state index contributed by atoms with van der Waals surface area (Å²) in [5, 5.41) is 12.0. The molecule has 0 atom stereocenters. The number of carbonyl (C=O) groups is 2. The van der Waals surface area contributed by atoms with Gasteiger partial charge in [-0.15, -0.1) is 0 Å².